The molecule has 2 aromatic rings. The average molecular weight is 382 g/mol. The summed E-state index contributed by atoms with van der Waals surface area (Å²) in [6.45, 7) is 0.155. The van der Waals surface area contributed by atoms with Crippen LogP contribution in [0.5, 0.6) is 11.5 Å². The molecule has 0 unspecified atom stereocenters. The number of thioether (sulfide) groups is 1. The predicted molar refractivity (Wildman–Crippen MR) is 92.0 cm³/mol. The van der Waals surface area contributed by atoms with Gasteiger partial charge in [0, 0.05) is 11.3 Å². The molecule has 0 spiro atoms. The smallest absolute Gasteiger partial charge is 0.416 e. The van der Waals surface area contributed by atoms with E-state index in [1.165, 1.54) is 17.8 Å². The number of amides is 1. The fourth-order valence-corrected chi connectivity index (χ4v) is 3.14. The van der Waals surface area contributed by atoms with Crippen LogP contribution in [-0.4, -0.2) is 17.7 Å². The summed E-state index contributed by atoms with van der Waals surface area (Å²) in [7, 11) is 0. The van der Waals surface area contributed by atoms with E-state index in [1.54, 1.807) is 24.3 Å². The van der Waals surface area contributed by atoms with Crippen molar-refractivity contribution in [3.05, 3.63) is 53.6 Å². The molecule has 5 nitrogen and oxygen atoms in total. The van der Waals surface area contributed by atoms with Crippen molar-refractivity contribution in [3.63, 3.8) is 0 Å². The van der Waals surface area contributed by atoms with E-state index < -0.39 is 17.8 Å². The van der Waals surface area contributed by atoms with E-state index >= 15 is 0 Å². The van der Waals surface area contributed by atoms with Gasteiger partial charge in [-0.2, -0.15) is 13.2 Å². The highest BCUT2D eigenvalue weighted by atomic mass is 32.2. The molecule has 0 radical (unpaired) electrons. The monoisotopic (exact) mass is 382 g/mol. The summed E-state index contributed by atoms with van der Waals surface area (Å²) in [6.07, 6.45) is -5.37. The van der Waals surface area contributed by atoms with Crippen molar-refractivity contribution in [2.24, 2.45) is 10.7 Å². The first-order chi connectivity index (χ1) is 12.3. The molecule has 1 heterocycles. The molecule has 136 valence electrons. The van der Waals surface area contributed by atoms with Crippen LogP contribution in [0.2, 0.25) is 0 Å². The van der Waals surface area contributed by atoms with Gasteiger partial charge in [0.05, 0.1) is 5.56 Å². The van der Waals surface area contributed by atoms with Gasteiger partial charge < -0.3 is 15.2 Å². The molecule has 0 atom stereocenters. The number of halogens is 3. The lowest BCUT2D eigenvalue weighted by molar-refractivity contribution is -0.137. The topological polar surface area (TPSA) is 73.9 Å². The third-order valence-corrected chi connectivity index (χ3v) is 4.46. The quantitative estimate of drug-likeness (QED) is 0.847. The van der Waals surface area contributed by atoms with E-state index in [9.17, 15) is 18.0 Å². The molecule has 1 aliphatic rings. The summed E-state index contributed by atoms with van der Waals surface area (Å²) in [5.74, 6) is 1.02. The highest BCUT2D eigenvalue weighted by molar-refractivity contribution is 8.13. The van der Waals surface area contributed by atoms with E-state index in [2.05, 4.69) is 4.99 Å². The minimum absolute atomic E-state index is 0.134. The molecule has 0 aliphatic carbocycles. The first-order valence-corrected chi connectivity index (χ1v) is 8.41. The van der Waals surface area contributed by atoms with Crippen LogP contribution in [0, 0.1) is 0 Å². The van der Waals surface area contributed by atoms with Gasteiger partial charge in [0.2, 0.25) is 0 Å². The van der Waals surface area contributed by atoms with Gasteiger partial charge >= 0.3 is 12.3 Å². The summed E-state index contributed by atoms with van der Waals surface area (Å²) >= 11 is 1.28. The zero-order valence-corrected chi connectivity index (χ0v) is 14.1. The Kier molecular flexibility index (Phi) is 5.08. The van der Waals surface area contributed by atoms with Gasteiger partial charge in [-0.25, -0.2) is 9.79 Å². The second-order valence-electron chi connectivity index (χ2n) is 5.29. The number of aliphatic imine (C=N–C) groups is 1. The van der Waals surface area contributed by atoms with Gasteiger partial charge in [-0.1, -0.05) is 18.2 Å². The number of ether oxygens (including phenoxy) is 2. The van der Waals surface area contributed by atoms with Crippen LogP contribution in [0.3, 0.4) is 0 Å². The zero-order valence-electron chi connectivity index (χ0n) is 13.2. The van der Waals surface area contributed by atoms with Crippen LogP contribution in [0.1, 0.15) is 11.1 Å². The Hall–Kier alpha value is -2.68. The van der Waals surface area contributed by atoms with E-state index in [0.717, 1.165) is 12.1 Å². The van der Waals surface area contributed by atoms with Gasteiger partial charge in [-0.15, -0.1) is 11.8 Å². The third-order valence-electron chi connectivity index (χ3n) is 3.46. The highest BCUT2D eigenvalue weighted by Gasteiger charge is 2.31. The number of benzene rings is 2. The van der Waals surface area contributed by atoms with Gasteiger partial charge in [0.1, 0.15) is 28.8 Å². The molecule has 2 N–H and O–H groups in total. The molecule has 0 fully saturated rings. The Morgan fingerprint density at radius 2 is 2.04 bits per heavy atom. The van der Waals surface area contributed by atoms with E-state index in [1.807, 2.05) is 0 Å². The molecule has 0 saturated carbocycles. The Morgan fingerprint density at radius 3 is 2.77 bits per heavy atom. The molecular weight excluding hydrogens is 369 g/mol. The van der Waals surface area contributed by atoms with Crippen molar-refractivity contribution in [1.82, 2.24) is 0 Å². The highest BCUT2D eigenvalue weighted by Crippen LogP contribution is 2.39. The van der Waals surface area contributed by atoms with Crippen LogP contribution in [0.15, 0.2) is 47.5 Å². The number of para-hydroxylation sites is 1. The standard InChI is InChI=1S/C17H13F3N2O3S/c18-17(19,20)11-5-6-14-12(7-11)22-15(8-24-14)26-9-10-3-1-2-4-13(10)25-16(21)23/h1-7H,8-9H2,(H2,21,23). The van der Waals surface area contributed by atoms with Gasteiger partial charge in [0.25, 0.3) is 0 Å². The first kappa shape index (κ1) is 18.1. The number of primary amides is 1. The minimum Gasteiger partial charge on any atom is -0.484 e. The second kappa shape index (κ2) is 7.28. The third kappa shape index (κ3) is 4.29. The van der Waals surface area contributed by atoms with Crippen LogP contribution in [0.25, 0.3) is 0 Å². The van der Waals surface area contributed by atoms with Crippen molar-refractivity contribution in [1.29, 1.82) is 0 Å². The molecule has 1 amide bonds. The van der Waals surface area contributed by atoms with E-state index in [0.29, 0.717) is 27.9 Å². The number of rotatable bonds is 3. The predicted octanol–water partition coefficient (Wildman–Crippen LogP) is 4.52. The molecule has 3 rings (SSSR count). The second-order valence-corrected chi connectivity index (χ2v) is 6.34. The van der Waals surface area contributed by atoms with Crippen LogP contribution in [0.4, 0.5) is 23.7 Å². The van der Waals surface area contributed by atoms with Crippen molar-refractivity contribution in [2.75, 3.05) is 6.61 Å². The van der Waals surface area contributed by atoms with Crippen molar-refractivity contribution < 1.29 is 27.4 Å². The molecular formula is C17H13F3N2O3S. The number of alkyl halides is 3. The number of carbonyl (C=O) groups excluding carboxylic acids is 1. The average Bonchev–Trinajstić information content (AvgIpc) is 2.59. The molecule has 1 aliphatic heterocycles. The summed E-state index contributed by atoms with van der Waals surface area (Å²) in [6, 6.07) is 10.0. The number of hydrogen-bond acceptors (Lipinski definition) is 5. The van der Waals surface area contributed by atoms with Gasteiger partial charge in [-0.05, 0) is 24.3 Å². The molecule has 0 saturated heterocycles. The lowest BCUT2D eigenvalue weighted by Gasteiger charge is -2.18. The SMILES string of the molecule is NC(=O)Oc1ccccc1CSC1=Nc2cc(C(F)(F)F)ccc2OC1. The molecule has 2 aromatic carbocycles. The maximum Gasteiger partial charge on any atom is 0.416 e. The Balaban J connectivity index is 1.76. The fraction of sp³-hybridized carbons (Fsp3) is 0.176. The maximum absolute atomic E-state index is 12.8. The van der Waals surface area contributed by atoms with Crippen LogP contribution in [-0.2, 0) is 11.9 Å². The maximum atomic E-state index is 12.8. The van der Waals surface area contributed by atoms with E-state index in [-0.39, 0.29) is 12.3 Å². The summed E-state index contributed by atoms with van der Waals surface area (Å²) < 4.78 is 48.9. The molecule has 9 heteroatoms. The number of fused-ring (bicyclic) bond motifs is 1. The largest absolute Gasteiger partial charge is 0.484 e. The number of hydrogen-bond donors (Lipinski definition) is 1. The lowest BCUT2D eigenvalue weighted by Crippen LogP contribution is -2.17. The lowest BCUT2D eigenvalue weighted by atomic mass is 10.2. The molecule has 0 aromatic heterocycles. The van der Waals surface area contributed by atoms with Crippen molar-refractivity contribution in [3.8, 4) is 11.5 Å². The first-order valence-electron chi connectivity index (χ1n) is 7.42. The van der Waals surface area contributed by atoms with Crippen LogP contribution < -0.4 is 15.2 Å². The molecule has 26 heavy (non-hydrogen) atoms. The number of nitrogens with zero attached hydrogens (tertiary/aromatic N) is 1. The fourth-order valence-electron chi connectivity index (χ4n) is 2.28. The van der Waals surface area contributed by atoms with Crippen LogP contribution >= 0.6 is 11.8 Å². The Labute approximate surface area is 151 Å². The Morgan fingerprint density at radius 1 is 1.27 bits per heavy atom. The van der Waals surface area contributed by atoms with Gasteiger partial charge in [0.15, 0.2) is 0 Å². The minimum atomic E-state index is -4.44. The Bertz CT molecular complexity index is 869. The van der Waals surface area contributed by atoms with E-state index in [4.69, 9.17) is 15.2 Å². The van der Waals surface area contributed by atoms with Crippen molar-refractivity contribution >= 4 is 28.6 Å². The molecule has 0 bridgehead atoms. The normalized spacial score (nSPS) is 13.4. The number of carbonyl (C=O) groups is 1. The summed E-state index contributed by atoms with van der Waals surface area (Å²) in [5, 5.41) is 0.519. The summed E-state index contributed by atoms with van der Waals surface area (Å²) in [4.78, 5) is 15.2. The zero-order chi connectivity index (χ0) is 18.7. The van der Waals surface area contributed by atoms with Gasteiger partial charge in [-0.3, -0.25) is 0 Å². The van der Waals surface area contributed by atoms with Crippen molar-refractivity contribution in [2.45, 2.75) is 11.9 Å². The summed E-state index contributed by atoms with van der Waals surface area (Å²) in [5.41, 5.74) is 5.09. The number of nitrogens with two attached hydrogens (primary N) is 1.